The molecule has 0 unspecified atom stereocenters. The van der Waals surface area contributed by atoms with Crippen LogP contribution in [0.25, 0.3) is 28.0 Å². The zero-order valence-corrected chi connectivity index (χ0v) is 17.4. The van der Waals surface area contributed by atoms with Gasteiger partial charge in [0.25, 0.3) is 0 Å². The van der Waals surface area contributed by atoms with Crippen LogP contribution in [0.4, 0.5) is 5.88 Å². The minimum atomic E-state index is -0.594. The summed E-state index contributed by atoms with van der Waals surface area (Å²) in [5, 5.41) is 12.4. The van der Waals surface area contributed by atoms with Crippen LogP contribution in [0.5, 0.6) is 5.75 Å². The van der Waals surface area contributed by atoms with Gasteiger partial charge in [-0.05, 0) is 31.6 Å². The van der Waals surface area contributed by atoms with Gasteiger partial charge < -0.3 is 13.6 Å². The SMILES string of the molecule is CC1(C)C=Cc2c(c3c(CN4CCSCC4)cc(=O)oc3c3cc([N+](=O)[O-])oc23)O1. The Morgan fingerprint density at radius 2 is 1.97 bits per heavy atom. The van der Waals surface area contributed by atoms with Crippen LogP contribution >= 0.6 is 11.8 Å². The Morgan fingerprint density at radius 1 is 1.20 bits per heavy atom. The molecule has 0 atom stereocenters. The Kier molecular flexibility index (Phi) is 4.41. The van der Waals surface area contributed by atoms with Gasteiger partial charge in [-0.15, -0.1) is 0 Å². The summed E-state index contributed by atoms with van der Waals surface area (Å²) in [5.74, 6) is 2.21. The van der Waals surface area contributed by atoms with Crippen molar-refractivity contribution in [1.82, 2.24) is 4.90 Å². The molecule has 2 aromatic heterocycles. The van der Waals surface area contributed by atoms with Crippen molar-refractivity contribution < 1.29 is 18.5 Å². The van der Waals surface area contributed by atoms with Crippen molar-refractivity contribution in [3.8, 4) is 5.75 Å². The molecule has 5 rings (SSSR count). The molecule has 2 aliphatic rings. The lowest BCUT2D eigenvalue weighted by molar-refractivity contribution is -0.401. The molecule has 8 nitrogen and oxygen atoms in total. The van der Waals surface area contributed by atoms with Gasteiger partial charge in [-0.25, -0.2) is 4.79 Å². The molecule has 4 heterocycles. The summed E-state index contributed by atoms with van der Waals surface area (Å²) in [7, 11) is 0. The van der Waals surface area contributed by atoms with E-state index < -0.39 is 22.0 Å². The fourth-order valence-corrected chi connectivity index (χ4v) is 5.00. The maximum Gasteiger partial charge on any atom is 0.434 e. The maximum atomic E-state index is 12.4. The molecular weight excluding hydrogens is 408 g/mol. The van der Waals surface area contributed by atoms with Crippen LogP contribution in [0.1, 0.15) is 25.0 Å². The number of ether oxygens (including phenoxy) is 1. The van der Waals surface area contributed by atoms with Crippen molar-refractivity contribution in [2.75, 3.05) is 24.6 Å². The summed E-state index contributed by atoms with van der Waals surface area (Å²) >= 11 is 1.91. The zero-order valence-electron chi connectivity index (χ0n) is 16.6. The number of rotatable bonds is 3. The number of hydrogen-bond acceptors (Lipinski definition) is 8. The fraction of sp³-hybridized carbons (Fsp3) is 0.381. The number of nitrogens with zero attached hydrogens (tertiary/aromatic N) is 2. The van der Waals surface area contributed by atoms with Gasteiger partial charge in [-0.3, -0.25) is 15.0 Å². The van der Waals surface area contributed by atoms with E-state index in [0.717, 1.165) is 30.2 Å². The average Bonchev–Trinajstić information content (AvgIpc) is 3.14. The molecule has 1 aromatic carbocycles. The second-order valence-corrected chi connectivity index (χ2v) is 9.27. The van der Waals surface area contributed by atoms with E-state index in [4.69, 9.17) is 13.6 Å². The van der Waals surface area contributed by atoms with Crippen molar-refractivity contribution in [1.29, 1.82) is 0 Å². The van der Waals surface area contributed by atoms with Gasteiger partial charge in [0, 0.05) is 37.2 Å². The Balaban J connectivity index is 1.83. The molecule has 156 valence electrons. The first-order chi connectivity index (χ1) is 14.3. The van der Waals surface area contributed by atoms with Crippen LogP contribution in [0, 0.1) is 10.1 Å². The lowest BCUT2D eigenvalue weighted by Gasteiger charge is -2.30. The van der Waals surface area contributed by atoms with E-state index >= 15 is 0 Å². The molecule has 9 heteroatoms. The molecule has 2 aliphatic heterocycles. The smallest absolute Gasteiger partial charge is 0.434 e. The Labute approximate surface area is 175 Å². The third kappa shape index (κ3) is 3.18. The Morgan fingerprint density at radius 3 is 2.70 bits per heavy atom. The van der Waals surface area contributed by atoms with E-state index in [1.54, 1.807) is 0 Å². The van der Waals surface area contributed by atoms with E-state index in [0.29, 0.717) is 28.6 Å². The number of benzene rings is 1. The van der Waals surface area contributed by atoms with Crippen molar-refractivity contribution in [3.63, 3.8) is 0 Å². The van der Waals surface area contributed by atoms with Gasteiger partial charge in [0.15, 0.2) is 11.2 Å². The van der Waals surface area contributed by atoms with Crippen LogP contribution in [0.3, 0.4) is 0 Å². The predicted molar refractivity (Wildman–Crippen MR) is 115 cm³/mol. The highest BCUT2D eigenvalue weighted by molar-refractivity contribution is 7.99. The topological polar surface area (TPSA) is 99.0 Å². The summed E-state index contributed by atoms with van der Waals surface area (Å²) in [6.45, 7) is 6.29. The highest BCUT2D eigenvalue weighted by atomic mass is 32.2. The van der Waals surface area contributed by atoms with Crippen LogP contribution in [0.2, 0.25) is 0 Å². The Bertz CT molecular complexity index is 1270. The molecule has 0 saturated carbocycles. The molecule has 1 saturated heterocycles. The molecule has 30 heavy (non-hydrogen) atoms. The third-order valence-electron chi connectivity index (χ3n) is 5.42. The van der Waals surface area contributed by atoms with Gasteiger partial charge in [-0.2, -0.15) is 11.8 Å². The van der Waals surface area contributed by atoms with Gasteiger partial charge >= 0.3 is 11.5 Å². The normalized spacial score (nSPS) is 18.5. The van der Waals surface area contributed by atoms with Crippen LogP contribution in [-0.4, -0.2) is 40.0 Å². The molecule has 0 bridgehead atoms. The van der Waals surface area contributed by atoms with E-state index in [1.807, 2.05) is 37.8 Å². The summed E-state index contributed by atoms with van der Waals surface area (Å²) in [4.78, 5) is 25.5. The van der Waals surface area contributed by atoms with Crippen molar-refractivity contribution in [2.24, 2.45) is 0 Å². The van der Waals surface area contributed by atoms with Crippen molar-refractivity contribution in [3.05, 3.63) is 49.9 Å². The highest BCUT2D eigenvalue weighted by Crippen LogP contribution is 2.46. The first-order valence-electron chi connectivity index (χ1n) is 9.71. The molecule has 0 aliphatic carbocycles. The van der Waals surface area contributed by atoms with E-state index in [2.05, 4.69) is 4.90 Å². The minimum absolute atomic E-state index is 0.264. The van der Waals surface area contributed by atoms with Gasteiger partial charge in [0.05, 0.1) is 22.4 Å². The maximum absolute atomic E-state index is 12.4. The summed E-state index contributed by atoms with van der Waals surface area (Å²) in [6.07, 6.45) is 3.75. The monoisotopic (exact) mass is 428 g/mol. The summed E-state index contributed by atoms with van der Waals surface area (Å²) in [6, 6.07) is 2.81. The van der Waals surface area contributed by atoms with Crippen LogP contribution < -0.4 is 10.4 Å². The number of thioether (sulfide) groups is 1. The number of hydrogen-bond donors (Lipinski definition) is 0. The molecular formula is C21H20N2O6S. The van der Waals surface area contributed by atoms with E-state index in [1.165, 1.54) is 12.1 Å². The van der Waals surface area contributed by atoms with Gasteiger partial charge in [0.2, 0.25) is 0 Å². The average molecular weight is 428 g/mol. The molecule has 1 fully saturated rings. The second-order valence-electron chi connectivity index (χ2n) is 8.05. The predicted octanol–water partition coefficient (Wildman–Crippen LogP) is 4.18. The van der Waals surface area contributed by atoms with Crippen molar-refractivity contribution in [2.45, 2.75) is 26.0 Å². The number of furan rings is 1. The van der Waals surface area contributed by atoms with Crippen LogP contribution in [0.15, 0.2) is 31.8 Å². The Hall–Kier alpha value is -2.78. The van der Waals surface area contributed by atoms with Crippen LogP contribution in [-0.2, 0) is 6.54 Å². The largest absolute Gasteiger partial charge is 0.482 e. The summed E-state index contributed by atoms with van der Waals surface area (Å²) < 4.78 is 17.4. The molecule has 0 radical (unpaired) electrons. The lowest BCUT2D eigenvalue weighted by atomic mass is 9.96. The summed E-state index contributed by atoms with van der Waals surface area (Å²) in [5.41, 5.74) is 0.877. The molecule has 0 N–H and O–H groups in total. The molecule has 0 spiro atoms. The second kappa shape index (κ2) is 6.88. The third-order valence-corrected chi connectivity index (χ3v) is 6.36. The molecule has 0 amide bonds. The number of nitro groups is 1. The zero-order chi connectivity index (χ0) is 21.0. The number of fused-ring (bicyclic) bond motifs is 6. The minimum Gasteiger partial charge on any atom is -0.482 e. The van der Waals surface area contributed by atoms with Crippen molar-refractivity contribution >= 4 is 45.7 Å². The lowest BCUT2D eigenvalue weighted by Crippen LogP contribution is -2.32. The molecule has 3 aromatic rings. The first kappa shape index (κ1) is 19.2. The van der Waals surface area contributed by atoms with E-state index in [-0.39, 0.29) is 11.2 Å². The highest BCUT2D eigenvalue weighted by Gasteiger charge is 2.31. The standard InChI is InChI=1S/C21H20N2O6S/c1-21(2)4-3-13-18-14(10-15(27-18)23(25)26)19-17(20(13)29-21)12(9-16(24)28-19)11-22-5-7-30-8-6-22/h3-4,9-10H,5-8,11H2,1-2H3. The van der Waals surface area contributed by atoms with Gasteiger partial charge in [-0.1, -0.05) is 0 Å². The van der Waals surface area contributed by atoms with Gasteiger partial charge in [0.1, 0.15) is 16.3 Å². The first-order valence-corrected chi connectivity index (χ1v) is 10.9. The quantitative estimate of drug-likeness (QED) is 0.348. The fourth-order valence-electron chi connectivity index (χ4n) is 4.02. The van der Waals surface area contributed by atoms with E-state index in [9.17, 15) is 14.9 Å².